The van der Waals surface area contributed by atoms with Crippen LogP contribution in [0.5, 0.6) is 5.75 Å². The average Bonchev–Trinajstić information content (AvgIpc) is 3.18. The summed E-state index contributed by atoms with van der Waals surface area (Å²) in [4.78, 5) is 11.2. The molecule has 19 heavy (non-hydrogen) atoms. The number of alkyl halides is 2. The fraction of sp³-hybridized carbons (Fsp3) is 0.533. The minimum atomic E-state index is -2.56. The number of carbonyl (C=O) groups is 1. The molecule has 0 bridgehead atoms. The van der Waals surface area contributed by atoms with Crippen LogP contribution in [0, 0.1) is 0 Å². The summed E-state index contributed by atoms with van der Waals surface area (Å²) < 4.78 is 31.4. The van der Waals surface area contributed by atoms with Gasteiger partial charge >= 0.3 is 0 Å². The van der Waals surface area contributed by atoms with Crippen molar-refractivity contribution in [1.82, 2.24) is 0 Å². The molecule has 4 heteroatoms. The first-order chi connectivity index (χ1) is 9.04. The minimum absolute atomic E-state index is 0.143. The zero-order valence-electron chi connectivity index (χ0n) is 10.8. The van der Waals surface area contributed by atoms with Gasteiger partial charge in [-0.15, -0.1) is 0 Å². The van der Waals surface area contributed by atoms with Crippen molar-refractivity contribution in [2.75, 3.05) is 7.11 Å². The van der Waals surface area contributed by atoms with Crippen molar-refractivity contribution < 1.29 is 18.3 Å². The molecule has 2 aliphatic rings. The molecule has 0 radical (unpaired) electrons. The maximum Gasteiger partial charge on any atom is 0.249 e. The Morgan fingerprint density at radius 1 is 1.26 bits per heavy atom. The Kier molecular flexibility index (Phi) is 2.84. The first-order valence-corrected chi connectivity index (χ1v) is 6.59. The van der Waals surface area contributed by atoms with Crippen molar-refractivity contribution in [3.8, 4) is 5.75 Å². The fourth-order valence-corrected chi connectivity index (χ4v) is 2.86. The Morgan fingerprint density at radius 3 is 2.42 bits per heavy atom. The third kappa shape index (κ3) is 2.24. The largest absolute Gasteiger partial charge is 0.496 e. The van der Waals surface area contributed by atoms with E-state index >= 15 is 0 Å². The van der Waals surface area contributed by atoms with Gasteiger partial charge in [0.1, 0.15) is 5.75 Å². The molecule has 3 rings (SSSR count). The molecule has 0 aromatic heterocycles. The van der Waals surface area contributed by atoms with E-state index in [-0.39, 0.29) is 18.8 Å². The number of methoxy groups -OCH3 is 1. The van der Waals surface area contributed by atoms with Crippen LogP contribution in [0.15, 0.2) is 12.1 Å². The van der Waals surface area contributed by atoms with Crippen LogP contribution >= 0.6 is 0 Å². The average molecular weight is 266 g/mol. The van der Waals surface area contributed by atoms with Crippen molar-refractivity contribution in [3.05, 3.63) is 28.8 Å². The Labute approximate surface area is 110 Å². The van der Waals surface area contributed by atoms with Crippen LogP contribution in [-0.2, 0) is 0 Å². The van der Waals surface area contributed by atoms with E-state index in [0.29, 0.717) is 17.2 Å². The molecule has 0 aliphatic heterocycles. The Hall–Kier alpha value is -1.45. The van der Waals surface area contributed by atoms with Gasteiger partial charge in [-0.1, -0.05) is 6.07 Å². The summed E-state index contributed by atoms with van der Waals surface area (Å²) in [5.41, 5.74) is 2.35. The summed E-state index contributed by atoms with van der Waals surface area (Å²) in [7, 11) is 1.49. The van der Waals surface area contributed by atoms with E-state index in [1.54, 1.807) is 0 Å². The minimum Gasteiger partial charge on any atom is -0.496 e. The van der Waals surface area contributed by atoms with E-state index in [9.17, 15) is 13.6 Å². The summed E-state index contributed by atoms with van der Waals surface area (Å²) in [6.45, 7) is 0. The Balaban J connectivity index is 2.00. The zero-order valence-corrected chi connectivity index (χ0v) is 10.8. The lowest BCUT2D eigenvalue weighted by Crippen LogP contribution is -2.34. The molecule has 0 amide bonds. The summed E-state index contributed by atoms with van der Waals surface area (Å²) in [6.07, 6.45) is 2.70. The molecule has 2 aliphatic carbocycles. The maximum atomic E-state index is 13.1. The molecule has 1 aromatic rings. The van der Waals surface area contributed by atoms with Crippen LogP contribution < -0.4 is 4.74 Å². The number of ether oxygens (including phenoxy) is 1. The number of benzene rings is 1. The van der Waals surface area contributed by atoms with Crippen molar-refractivity contribution in [2.45, 2.75) is 43.4 Å². The summed E-state index contributed by atoms with van der Waals surface area (Å²) in [5.74, 6) is -1.79. The molecule has 102 valence electrons. The van der Waals surface area contributed by atoms with Gasteiger partial charge < -0.3 is 4.74 Å². The van der Waals surface area contributed by atoms with E-state index in [1.165, 1.54) is 7.11 Å². The highest BCUT2D eigenvalue weighted by Crippen LogP contribution is 2.52. The topological polar surface area (TPSA) is 26.3 Å². The van der Waals surface area contributed by atoms with Crippen molar-refractivity contribution >= 4 is 6.29 Å². The molecule has 1 aromatic carbocycles. The molecule has 0 heterocycles. The smallest absolute Gasteiger partial charge is 0.249 e. The highest BCUT2D eigenvalue weighted by atomic mass is 19.3. The third-order valence-corrected chi connectivity index (χ3v) is 4.08. The first-order valence-electron chi connectivity index (χ1n) is 6.59. The number of hydrogen-bond donors (Lipinski definition) is 0. The molecule has 0 atom stereocenters. The van der Waals surface area contributed by atoms with E-state index in [2.05, 4.69) is 0 Å². The molecule has 0 spiro atoms. The molecular weight excluding hydrogens is 250 g/mol. The molecular formula is C15H16F2O2. The number of aldehydes is 1. The zero-order chi connectivity index (χ0) is 13.6. The Bertz CT molecular complexity index is 513. The predicted octanol–water partition coefficient (Wildman–Crippen LogP) is 3.90. The number of hydrogen-bond acceptors (Lipinski definition) is 2. The van der Waals surface area contributed by atoms with Gasteiger partial charge in [0.05, 0.1) is 12.7 Å². The van der Waals surface area contributed by atoms with Crippen LogP contribution in [0.25, 0.3) is 0 Å². The first kappa shape index (κ1) is 12.6. The van der Waals surface area contributed by atoms with Crippen molar-refractivity contribution in [2.24, 2.45) is 0 Å². The molecule has 0 N–H and O–H groups in total. The monoisotopic (exact) mass is 266 g/mol. The number of rotatable bonds is 4. The van der Waals surface area contributed by atoms with Gasteiger partial charge in [0.25, 0.3) is 0 Å². The lowest BCUT2D eigenvalue weighted by Gasteiger charge is -2.36. The quantitative estimate of drug-likeness (QED) is 0.773. The normalized spacial score (nSPS) is 21.8. The van der Waals surface area contributed by atoms with Crippen LogP contribution in [0.3, 0.4) is 0 Å². The van der Waals surface area contributed by atoms with Gasteiger partial charge in [-0.2, -0.15) is 0 Å². The van der Waals surface area contributed by atoms with E-state index < -0.39 is 5.92 Å². The predicted molar refractivity (Wildman–Crippen MR) is 67.3 cm³/mol. The van der Waals surface area contributed by atoms with Crippen LogP contribution in [-0.4, -0.2) is 19.3 Å². The number of carbonyl (C=O) groups excluding carboxylic acids is 1. The highest BCUT2D eigenvalue weighted by molar-refractivity contribution is 5.81. The van der Waals surface area contributed by atoms with Gasteiger partial charge in [0, 0.05) is 12.8 Å². The third-order valence-electron chi connectivity index (χ3n) is 4.08. The molecule has 2 nitrogen and oxygen atoms in total. The van der Waals surface area contributed by atoms with Crippen LogP contribution in [0.2, 0.25) is 0 Å². The van der Waals surface area contributed by atoms with Gasteiger partial charge in [0.15, 0.2) is 6.29 Å². The van der Waals surface area contributed by atoms with E-state index in [1.807, 2.05) is 12.1 Å². The summed E-state index contributed by atoms with van der Waals surface area (Å²) in [6, 6.07) is 3.80. The Morgan fingerprint density at radius 2 is 1.95 bits per heavy atom. The van der Waals surface area contributed by atoms with Gasteiger partial charge in [-0.3, -0.25) is 4.79 Å². The molecule has 0 saturated heterocycles. The lowest BCUT2D eigenvalue weighted by molar-refractivity contribution is -0.0870. The SMILES string of the molecule is COc1c(C=O)cc(C2CC2)cc1C1CC(F)(F)C1. The second-order valence-electron chi connectivity index (χ2n) is 5.59. The van der Waals surface area contributed by atoms with Crippen molar-refractivity contribution in [1.29, 1.82) is 0 Å². The van der Waals surface area contributed by atoms with Crippen LogP contribution in [0.4, 0.5) is 8.78 Å². The standard InChI is InChI=1S/C15H16F2O2/c1-19-14-11(8-18)4-10(9-2-3-9)5-13(14)12-6-15(16,17)7-12/h4-5,8-9,12H,2-3,6-7H2,1H3. The molecule has 0 unspecified atom stereocenters. The summed E-state index contributed by atoms with van der Waals surface area (Å²) in [5, 5.41) is 0. The van der Waals surface area contributed by atoms with Crippen LogP contribution in [0.1, 0.15) is 59.0 Å². The second kappa shape index (κ2) is 4.29. The number of halogens is 2. The second-order valence-corrected chi connectivity index (χ2v) is 5.59. The van der Waals surface area contributed by atoms with E-state index in [0.717, 1.165) is 30.3 Å². The van der Waals surface area contributed by atoms with Crippen molar-refractivity contribution in [3.63, 3.8) is 0 Å². The lowest BCUT2D eigenvalue weighted by atomic mass is 9.75. The van der Waals surface area contributed by atoms with E-state index in [4.69, 9.17) is 4.74 Å². The van der Waals surface area contributed by atoms with Gasteiger partial charge in [-0.05, 0) is 41.9 Å². The highest BCUT2D eigenvalue weighted by Gasteiger charge is 2.47. The maximum absolute atomic E-state index is 13.1. The molecule has 2 saturated carbocycles. The molecule has 2 fully saturated rings. The fourth-order valence-electron chi connectivity index (χ4n) is 2.86. The van der Waals surface area contributed by atoms with Gasteiger partial charge in [0.2, 0.25) is 5.92 Å². The van der Waals surface area contributed by atoms with Gasteiger partial charge in [-0.25, -0.2) is 8.78 Å². The summed E-state index contributed by atoms with van der Waals surface area (Å²) >= 11 is 0.